The molecule has 0 aliphatic heterocycles. The van der Waals surface area contributed by atoms with Crippen LogP contribution in [0.1, 0.15) is 0 Å². The monoisotopic (exact) mass is 330 g/mol. The molecule has 0 amide bonds. The molecule has 0 spiro atoms. The molecule has 2 aliphatic rings. The molecule has 0 aromatic rings. The number of rotatable bonds is 4. The van der Waals surface area contributed by atoms with Gasteiger partial charge in [-0.15, -0.1) is 0 Å². The molecule has 0 aromatic heterocycles. The molecule has 0 saturated heterocycles. The first kappa shape index (κ1) is 16.7. The van der Waals surface area contributed by atoms with E-state index in [1.807, 2.05) is 0 Å². The van der Waals surface area contributed by atoms with E-state index in [1.165, 1.54) is 18.2 Å². The predicted octanol–water partition coefficient (Wildman–Crippen LogP) is 0.910. The average Bonchev–Trinajstić information content (AvgIpc) is 2.76. The van der Waals surface area contributed by atoms with E-state index in [4.69, 9.17) is 5.11 Å². The van der Waals surface area contributed by atoms with Crippen LogP contribution < -0.4 is 0 Å². The molecule has 0 radical (unpaired) electrons. The fraction of sp³-hybridized carbons (Fsp3) is 0. The zero-order chi connectivity index (χ0) is 18.0. The number of carbonyl (C=O) groups is 4. The van der Waals surface area contributed by atoms with Crippen molar-refractivity contribution in [3.63, 3.8) is 0 Å². The summed E-state index contributed by atoms with van der Waals surface area (Å²) in [5.74, 6) is -5.97. The first-order chi connectivity index (χ1) is 11.2. The number of aliphatic carboxylic acids is 4. The predicted molar refractivity (Wildman–Crippen MR) is 79.0 cm³/mol. The minimum absolute atomic E-state index is 0.00463. The van der Waals surface area contributed by atoms with E-state index in [0.29, 0.717) is 0 Å². The van der Waals surface area contributed by atoms with Crippen LogP contribution in [0.3, 0.4) is 0 Å². The van der Waals surface area contributed by atoms with E-state index in [-0.39, 0.29) is 16.7 Å². The zero-order valence-corrected chi connectivity index (χ0v) is 11.9. The van der Waals surface area contributed by atoms with E-state index < -0.39 is 40.6 Å². The van der Waals surface area contributed by atoms with Crippen molar-refractivity contribution in [1.29, 1.82) is 0 Å². The SMILES string of the molecule is O=C(O)C1=CC2=CC(C(=O)O)=C(C(=O)O)C=C(C(=O)O)C2=CC=C1. The van der Waals surface area contributed by atoms with Crippen LogP contribution in [-0.2, 0) is 19.2 Å². The Morgan fingerprint density at radius 2 is 1.29 bits per heavy atom. The lowest BCUT2D eigenvalue weighted by molar-refractivity contribution is -0.135. The molecular weight excluding hydrogens is 320 g/mol. The van der Waals surface area contributed by atoms with Crippen molar-refractivity contribution in [2.45, 2.75) is 0 Å². The van der Waals surface area contributed by atoms with Crippen molar-refractivity contribution in [3.8, 4) is 0 Å². The minimum atomic E-state index is -1.61. The van der Waals surface area contributed by atoms with Crippen LogP contribution >= 0.6 is 0 Å². The summed E-state index contributed by atoms with van der Waals surface area (Å²) in [6.45, 7) is 0. The number of fused-ring (bicyclic) bond motifs is 1. The molecule has 2 rings (SSSR count). The molecule has 4 N–H and O–H groups in total. The molecular formula is C16H10O8. The Balaban J connectivity index is 2.86. The molecule has 0 heterocycles. The maximum absolute atomic E-state index is 11.5. The summed E-state index contributed by atoms with van der Waals surface area (Å²) in [5.41, 5.74) is -2.05. The maximum atomic E-state index is 11.5. The van der Waals surface area contributed by atoms with Crippen LogP contribution in [-0.4, -0.2) is 44.3 Å². The van der Waals surface area contributed by atoms with Crippen molar-refractivity contribution in [1.82, 2.24) is 0 Å². The van der Waals surface area contributed by atoms with E-state index in [1.54, 1.807) is 0 Å². The van der Waals surface area contributed by atoms with Crippen LogP contribution in [0.25, 0.3) is 0 Å². The van der Waals surface area contributed by atoms with Gasteiger partial charge in [0.1, 0.15) is 0 Å². The lowest BCUT2D eigenvalue weighted by Gasteiger charge is -2.07. The van der Waals surface area contributed by atoms with Gasteiger partial charge in [0.15, 0.2) is 0 Å². The van der Waals surface area contributed by atoms with Crippen molar-refractivity contribution < 1.29 is 39.6 Å². The van der Waals surface area contributed by atoms with Gasteiger partial charge in [-0.3, -0.25) is 0 Å². The van der Waals surface area contributed by atoms with Gasteiger partial charge >= 0.3 is 23.9 Å². The highest BCUT2D eigenvalue weighted by atomic mass is 16.4. The van der Waals surface area contributed by atoms with Crippen LogP contribution in [0.15, 0.2) is 69.9 Å². The average molecular weight is 330 g/mol. The highest BCUT2D eigenvalue weighted by Gasteiger charge is 2.27. The van der Waals surface area contributed by atoms with E-state index in [0.717, 1.165) is 18.2 Å². The smallest absolute Gasteiger partial charge is 0.336 e. The summed E-state index contributed by atoms with van der Waals surface area (Å²) >= 11 is 0. The van der Waals surface area contributed by atoms with Crippen molar-refractivity contribution >= 4 is 23.9 Å². The third-order valence-electron chi connectivity index (χ3n) is 3.27. The molecule has 0 fully saturated rings. The van der Waals surface area contributed by atoms with Gasteiger partial charge in [-0.1, -0.05) is 12.2 Å². The lowest BCUT2D eigenvalue weighted by atomic mass is 9.96. The van der Waals surface area contributed by atoms with Crippen molar-refractivity contribution in [2.24, 2.45) is 0 Å². The number of hydrogen-bond donors (Lipinski definition) is 4. The number of allylic oxidation sites excluding steroid dienone is 4. The highest BCUT2D eigenvalue weighted by Crippen LogP contribution is 2.31. The Morgan fingerprint density at radius 1 is 0.708 bits per heavy atom. The second kappa shape index (κ2) is 6.21. The summed E-state index contributed by atoms with van der Waals surface area (Å²) < 4.78 is 0. The van der Waals surface area contributed by atoms with E-state index in [9.17, 15) is 34.5 Å². The van der Waals surface area contributed by atoms with Gasteiger partial charge in [0.2, 0.25) is 0 Å². The molecule has 0 saturated carbocycles. The Morgan fingerprint density at radius 3 is 1.79 bits per heavy atom. The quantitative estimate of drug-likeness (QED) is 0.594. The third-order valence-corrected chi connectivity index (χ3v) is 3.27. The van der Waals surface area contributed by atoms with Gasteiger partial charge in [0, 0.05) is 0 Å². The molecule has 8 nitrogen and oxygen atoms in total. The molecule has 0 atom stereocenters. The fourth-order valence-electron chi connectivity index (χ4n) is 2.20. The normalized spacial score (nSPS) is 16.7. The molecule has 8 heteroatoms. The molecule has 24 heavy (non-hydrogen) atoms. The van der Waals surface area contributed by atoms with Gasteiger partial charge in [0.05, 0.1) is 22.3 Å². The number of carboxylic acids is 4. The molecule has 0 bridgehead atoms. The lowest BCUT2D eigenvalue weighted by Crippen LogP contribution is -2.09. The Labute approximate surface area is 134 Å². The van der Waals surface area contributed by atoms with Gasteiger partial charge in [-0.25, -0.2) is 19.2 Å². The van der Waals surface area contributed by atoms with E-state index in [2.05, 4.69) is 0 Å². The summed E-state index contributed by atoms with van der Waals surface area (Å²) in [7, 11) is 0. The number of hydrogen-bond acceptors (Lipinski definition) is 4. The maximum Gasteiger partial charge on any atom is 0.336 e. The third kappa shape index (κ3) is 3.07. The Hall–Kier alpha value is -3.68. The Bertz CT molecular complexity index is 859. The fourth-order valence-corrected chi connectivity index (χ4v) is 2.20. The largest absolute Gasteiger partial charge is 0.478 e. The van der Waals surface area contributed by atoms with Crippen LogP contribution in [0.2, 0.25) is 0 Å². The van der Waals surface area contributed by atoms with Crippen molar-refractivity contribution in [2.75, 3.05) is 0 Å². The molecule has 122 valence electrons. The first-order valence-corrected chi connectivity index (χ1v) is 6.44. The van der Waals surface area contributed by atoms with Crippen LogP contribution in [0, 0.1) is 0 Å². The zero-order valence-electron chi connectivity index (χ0n) is 11.9. The molecule has 0 aromatic carbocycles. The Kier molecular flexibility index (Phi) is 4.32. The van der Waals surface area contributed by atoms with E-state index >= 15 is 0 Å². The van der Waals surface area contributed by atoms with Gasteiger partial charge in [-0.05, 0) is 35.5 Å². The second-order valence-corrected chi connectivity index (χ2v) is 4.74. The number of carboxylic acid groups (broad SMARTS) is 4. The summed E-state index contributed by atoms with van der Waals surface area (Å²) in [5, 5.41) is 36.8. The summed E-state index contributed by atoms with van der Waals surface area (Å²) in [6, 6.07) is 0. The summed E-state index contributed by atoms with van der Waals surface area (Å²) in [4.78, 5) is 45.3. The van der Waals surface area contributed by atoms with Crippen LogP contribution in [0.4, 0.5) is 0 Å². The van der Waals surface area contributed by atoms with Gasteiger partial charge in [-0.2, -0.15) is 0 Å². The standard InChI is InChI=1S/C16H10O8/c17-13(18)7-2-1-3-9-8(4-7)5-10(14(19)20)12(16(23)24)6-11(9)15(21)22/h1-6H,(H,17,18)(H,19,20)(H,21,22)(H,23,24). The molecule has 0 unspecified atom stereocenters. The van der Waals surface area contributed by atoms with Crippen LogP contribution in [0.5, 0.6) is 0 Å². The summed E-state index contributed by atoms with van der Waals surface area (Å²) in [6.07, 6.45) is 6.56. The van der Waals surface area contributed by atoms with Crippen molar-refractivity contribution in [3.05, 3.63) is 69.9 Å². The minimum Gasteiger partial charge on any atom is -0.478 e. The second-order valence-electron chi connectivity index (χ2n) is 4.74. The highest BCUT2D eigenvalue weighted by molar-refractivity contribution is 6.07. The van der Waals surface area contributed by atoms with Gasteiger partial charge in [0.25, 0.3) is 0 Å². The first-order valence-electron chi connectivity index (χ1n) is 6.44. The topological polar surface area (TPSA) is 149 Å². The van der Waals surface area contributed by atoms with Gasteiger partial charge < -0.3 is 20.4 Å². The molecule has 2 aliphatic carbocycles.